The molecular formula is C7H14N2O2S. The molecule has 1 rings (SSSR count). The summed E-state index contributed by atoms with van der Waals surface area (Å²) in [5.41, 5.74) is 0. The third-order valence-corrected chi connectivity index (χ3v) is 3.18. The molecular weight excluding hydrogens is 176 g/mol. The highest BCUT2D eigenvalue weighted by atomic mass is 32.2. The van der Waals surface area contributed by atoms with Crippen LogP contribution in [0.3, 0.4) is 0 Å². The van der Waals surface area contributed by atoms with Gasteiger partial charge in [0.1, 0.15) is 0 Å². The summed E-state index contributed by atoms with van der Waals surface area (Å²) < 4.78 is 24.6. The summed E-state index contributed by atoms with van der Waals surface area (Å²) in [6.45, 7) is 6.25. The van der Waals surface area contributed by atoms with Crippen LogP contribution in [0.4, 0.5) is 0 Å². The van der Waals surface area contributed by atoms with E-state index in [4.69, 9.17) is 0 Å². The Morgan fingerprint density at radius 1 is 1.50 bits per heavy atom. The zero-order valence-corrected chi connectivity index (χ0v) is 7.81. The summed E-state index contributed by atoms with van der Waals surface area (Å²) in [6.07, 6.45) is 1.79. The Morgan fingerprint density at radius 2 is 2.25 bits per heavy atom. The van der Waals surface area contributed by atoms with Gasteiger partial charge >= 0.3 is 0 Å². The Balaban J connectivity index is 2.50. The van der Waals surface area contributed by atoms with E-state index in [2.05, 4.69) is 16.2 Å². The predicted octanol–water partition coefficient (Wildman–Crippen LogP) is -0.593. The van der Waals surface area contributed by atoms with Crippen LogP contribution >= 0.6 is 0 Å². The molecule has 0 unspecified atom stereocenters. The maximum absolute atomic E-state index is 11.1. The van der Waals surface area contributed by atoms with E-state index < -0.39 is 10.0 Å². The molecule has 0 radical (unpaired) electrons. The van der Waals surface area contributed by atoms with Crippen molar-refractivity contribution in [3.05, 3.63) is 12.7 Å². The lowest BCUT2D eigenvalue weighted by molar-refractivity contribution is 0.333. The first-order valence-electron chi connectivity index (χ1n) is 3.94. The fourth-order valence-corrected chi connectivity index (χ4v) is 2.20. The van der Waals surface area contributed by atoms with Crippen molar-refractivity contribution in [1.29, 1.82) is 0 Å². The molecule has 12 heavy (non-hydrogen) atoms. The molecule has 1 saturated heterocycles. The van der Waals surface area contributed by atoms with Crippen molar-refractivity contribution in [3.63, 3.8) is 0 Å². The molecule has 1 aliphatic rings. The summed E-state index contributed by atoms with van der Waals surface area (Å²) in [6, 6.07) is 0. The average molecular weight is 190 g/mol. The van der Waals surface area contributed by atoms with Gasteiger partial charge in [0.2, 0.25) is 10.0 Å². The highest BCUT2D eigenvalue weighted by Crippen LogP contribution is 1.96. The van der Waals surface area contributed by atoms with Gasteiger partial charge in [0, 0.05) is 26.2 Å². The third kappa shape index (κ3) is 2.92. The molecule has 0 atom stereocenters. The first kappa shape index (κ1) is 9.70. The number of nitrogens with zero attached hydrogens (tertiary/aromatic N) is 1. The molecule has 70 valence electrons. The smallest absolute Gasteiger partial charge is 0.212 e. The first-order chi connectivity index (χ1) is 5.64. The van der Waals surface area contributed by atoms with E-state index >= 15 is 0 Å². The molecule has 0 bridgehead atoms. The maximum atomic E-state index is 11.1. The SMILES string of the molecule is C=CCN1CCNS(=O)(=O)CC1. The number of hydrogen-bond donors (Lipinski definition) is 1. The van der Waals surface area contributed by atoms with E-state index in [0.29, 0.717) is 13.1 Å². The molecule has 0 aliphatic carbocycles. The Hall–Kier alpha value is -0.390. The van der Waals surface area contributed by atoms with Gasteiger partial charge in [-0.15, -0.1) is 6.58 Å². The van der Waals surface area contributed by atoms with Crippen molar-refractivity contribution in [1.82, 2.24) is 9.62 Å². The quantitative estimate of drug-likeness (QED) is 0.592. The van der Waals surface area contributed by atoms with Crippen LogP contribution in [0.2, 0.25) is 0 Å². The summed E-state index contributed by atoms with van der Waals surface area (Å²) in [5, 5.41) is 0. The molecule has 5 heteroatoms. The Labute approximate surface area is 73.3 Å². The van der Waals surface area contributed by atoms with Crippen LogP contribution in [0, 0.1) is 0 Å². The monoisotopic (exact) mass is 190 g/mol. The number of rotatable bonds is 2. The average Bonchev–Trinajstić information content (AvgIpc) is 2.14. The summed E-state index contributed by atoms with van der Waals surface area (Å²) in [7, 11) is -3.00. The van der Waals surface area contributed by atoms with Crippen LogP contribution < -0.4 is 4.72 Å². The van der Waals surface area contributed by atoms with Crippen LogP contribution in [-0.4, -0.2) is 45.2 Å². The Kier molecular flexibility index (Phi) is 3.25. The van der Waals surface area contributed by atoms with Gasteiger partial charge in [-0.3, -0.25) is 4.90 Å². The number of nitrogens with one attached hydrogen (secondary N) is 1. The van der Waals surface area contributed by atoms with Crippen LogP contribution in [0.5, 0.6) is 0 Å². The van der Waals surface area contributed by atoms with E-state index in [1.54, 1.807) is 6.08 Å². The predicted molar refractivity (Wildman–Crippen MR) is 48.4 cm³/mol. The minimum atomic E-state index is -3.00. The van der Waals surface area contributed by atoms with Gasteiger partial charge in [0.25, 0.3) is 0 Å². The summed E-state index contributed by atoms with van der Waals surface area (Å²) in [5.74, 6) is 0.195. The van der Waals surface area contributed by atoms with Crippen molar-refractivity contribution < 1.29 is 8.42 Å². The normalized spacial score (nSPS) is 24.7. The van der Waals surface area contributed by atoms with Crippen molar-refractivity contribution in [3.8, 4) is 0 Å². The molecule has 0 aromatic rings. The summed E-state index contributed by atoms with van der Waals surface area (Å²) >= 11 is 0. The lowest BCUT2D eigenvalue weighted by Gasteiger charge is -2.15. The lowest BCUT2D eigenvalue weighted by Crippen LogP contribution is -2.28. The van der Waals surface area contributed by atoms with Crippen LogP contribution in [-0.2, 0) is 10.0 Å². The van der Waals surface area contributed by atoms with Gasteiger partial charge in [0.05, 0.1) is 5.75 Å². The summed E-state index contributed by atoms with van der Waals surface area (Å²) in [4.78, 5) is 2.06. The lowest BCUT2D eigenvalue weighted by atomic mass is 10.4. The second kappa shape index (κ2) is 4.02. The molecule has 0 spiro atoms. The molecule has 1 aliphatic heterocycles. The van der Waals surface area contributed by atoms with Gasteiger partial charge in [-0.25, -0.2) is 13.1 Å². The second-order valence-electron chi connectivity index (χ2n) is 2.80. The minimum absolute atomic E-state index is 0.195. The molecule has 0 aromatic heterocycles. The molecule has 1 fully saturated rings. The van der Waals surface area contributed by atoms with Gasteiger partial charge in [0.15, 0.2) is 0 Å². The Bertz CT molecular complexity index is 248. The van der Waals surface area contributed by atoms with Crippen LogP contribution in [0.25, 0.3) is 0 Å². The van der Waals surface area contributed by atoms with Gasteiger partial charge in [-0.05, 0) is 0 Å². The first-order valence-corrected chi connectivity index (χ1v) is 5.60. The van der Waals surface area contributed by atoms with Gasteiger partial charge < -0.3 is 0 Å². The van der Waals surface area contributed by atoms with Crippen molar-refractivity contribution in [2.45, 2.75) is 0 Å². The van der Waals surface area contributed by atoms with Crippen LogP contribution in [0.1, 0.15) is 0 Å². The van der Waals surface area contributed by atoms with E-state index in [-0.39, 0.29) is 5.75 Å². The molecule has 1 heterocycles. The second-order valence-corrected chi connectivity index (χ2v) is 4.73. The van der Waals surface area contributed by atoms with Gasteiger partial charge in [-0.1, -0.05) is 6.08 Å². The minimum Gasteiger partial charge on any atom is -0.297 e. The molecule has 0 amide bonds. The zero-order valence-electron chi connectivity index (χ0n) is 6.99. The third-order valence-electron chi connectivity index (χ3n) is 1.81. The van der Waals surface area contributed by atoms with Crippen molar-refractivity contribution in [2.75, 3.05) is 31.9 Å². The standard InChI is InChI=1S/C7H14N2O2S/c1-2-4-9-5-3-8-12(10,11)7-6-9/h2,8H,1,3-7H2. The number of sulfonamides is 1. The molecule has 0 aromatic carbocycles. The largest absolute Gasteiger partial charge is 0.297 e. The van der Waals surface area contributed by atoms with Crippen molar-refractivity contribution in [2.24, 2.45) is 0 Å². The van der Waals surface area contributed by atoms with E-state index in [0.717, 1.165) is 13.1 Å². The zero-order chi connectivity index (χ0) is 9.03. The molecule has 4 nitrogen and oxygen atoms in total. The number of hydrogen-bond acceptors (Lipinski definition) is 3. The highest BCUT2D eigenvalue weighted by molar-refractivity contribution is 7.89. The molecule has 1 N–H and O–H groups in total. The Morgan fingerprint density at radius 3 is 2.92 bits per heavy atom. The van der Waals surface area contributed by atoms with E-state index in [9.17, 15) is 8.42 Å². The van der Waals surface area contributed by atoms with E-state index in [1.165, 1.54) is 0 Å². The van der Waals surface area contributed by atoms with Crippen molar-refractivity contribution >= 4 is 10.0 Å². The highest BCUT2D eigenvalue weighted by Gasteiger charge is 2.16. The fourth-order valence-electron chi connectivity index (χ4n) is 1.16. The van der Waals surface area contributed by atoms with Crippen LogP contribution in [0.15, 0.2) is 12.7 Å². The van der Waals surface area contributed by atoms with Gasteiger partial charge in [-0.2, -0.15) is 0 Å². The topological polar surface area (TPSA) is 49.4 Å². The van der Waals surface area contributed by atoms with E-state index in [1.807, 2.05) is 0 Å². The fraction of sp³-hybridized carbons (Fsp3) is 0.714. The molecule has 0 saturated carbocycles. The maximum Gasteiger partial charge on any atom is 0.212 e.